The maximum Gasteiger partial charge on any atom is 0.320 e. The maximum absolute atomic E-state index is 13.3. The lowest BCUT2D eigenvalue weighted by Gasteiger charge is -2.31. The lowest BCUT2D eigenvalue weighted by Crippen LogP contribution is -2.35. The number of nitrogens with zero attached hydrogens (tertiary/aromatic N) is 3. The third kappa shape index (κ3) is 8.52. The average molecular weight is 646 g/mol. The van der Waals surface area contributed by atoms with Crippen LogP contribution in [0, 0.1) is 13.8 Å². The highest BCUT2D eigenvalue weighted by molar-refractivity contribution is 7.85. The van der Waals surface area contributed by atoms with E-state index in [4.69, 9.17) is 9.29 Å². The van der Waals surface area contributed by atoms with Crippen molar-refractivity contribution in [3.05, 3.63) is 95.3 Å². The molecule has 3 aromatic carbocycles. The Morgan fingerprint density at radius 1 is 1.07 bits per heavy atom. The summed E-state index contributed by atoms with van der Waals surface area (Å²) in [6.45, 7) is 5.89. The molecule has 0 radical (unpaired) electrons. The van der Waals surface area contributed by atoms with Crippen LogP contribution < -0.4 is 20.3 Å². The molecule has 11 nitrogen and oxygen atoms in total. The molecule has 1 aliphatic heterocycles. The number of carbonyl (C=O) groups is 2. The van der Waals surface area contributed by atoms with Crippen LogP contribution in [0.1, 0.15) is 41.5 Å². The van der Waals surface area contributed by atoms with Crippen molar-refractivity contribution in [1.29, 1.82) is 0 Å². The highest BCUT2D eigenvalue weighted by Gasteiger charge is 2.25. The van der Waals surface area contributed by atoms with Gasteiger partial charge in [-0.05, 0) is 91.6 Å². The van der Waals surface area contributed by atoms with Crippen LogP contribution in [0.3, 0.4) is 0 Å². The minimum absolute atomic E-state index is 0.103. The summed E-state index contributed by atoms with van der Waals surface area (Å²) < 4.78 is 38.3. The summed E-state index contributed by atoms with van der Waals surface area (Å²) in [5.74, 6) is 0.0986. The van der Waals surface area contributed by atoms with E-state index in [2.05, 4.69) is 34.8 Å². The van der Waals surface area contributed by atoms with Gasteiger partial charge < -0.3 is 20.3 Å². The number of anilines is 2. The first-order chi connectivity index (χ1) is 22.1. The van der Waals surface area contributed by atoms with Gasteiger partial charge in [0.15, 0.2) is 0 Å². The largest absolute Gasteiger partial charge is 0.493 e. The second-order valence-corrected chi connectivity index (χ2v) is 12.9. The number of hydrogen-bond acceptors (Lipinski definition) is 6. The van der Waals surface area contributed by atoms with Gasteiger partial charge in [0, 0.05) is 42.6 Å². The molecular formula is C34H39N5O6S. The second-order valence-electron chi connectivity index (χ2n) is 11.4. The van der Waals surface area contributed by atoms with Gasteiger partial charge in [0.05, 0.1) is 12.8 Å². The smallest absolute Gasteiger partial charge is 0.320 e. The van der Waals surface area contributed by atoms with Gasteiger partial charge in [-0.3, -0.25) is 14.0 Å². The topological polar surface area (TPSA) is 143 Å². The van der Waals surface area contributed by atoms with E-state index in [9.17, 15) is 18.0 Å². The number of urea groups is 1. The van der Waals surface area contributed by atoms with E-state index in [0.29, 0.717) is 44.6 Å². The van der Waals surface area contributed by atoms with E-state index in [0.717, 1.165) is 52.1 Å². The summed E-state index contributed by atoms with van der Waals surface area (Å²) in [6, 6.07) is 18.6. The van der Waals surface area contributed by atoms with Gasteiger partial charge in [0.1, 0.15) is 11.6 Å². The van der Waals surface area contributed by atoms with Gasteiger partial charge in [0.2, 0.25) is 5.91 Å². The Kier molecular flexibility index (Phi) is 10.4. The molecule has 0 saturated carbocycles. The van der Waals surface area contributed by atoms with Crippen LogP contribution in [-0.4, -0.2) is 53.7 Å². The summed E-state index contributed by atoms with van der Waals surface area (Å²) in [5.41, 5.74) is 7.93. The Hall–Kier alpha value is -4.68. The number of aryl methyl sites for hydroxylation is 3. The lowest BCUT2D eigenvalue weighted by molar-refractivity contribution is -0.118. The number of amides is 3. The molecule has 0 saturated heterocycles. The quantitative estimate of drug-likeness (QED) is 0.136. The second kappa shape index (κ2) is 14.6. The van der Waals surface area contributed by atoms with Crippen LogP contribution in [-0.2, 0) is 34.3 Å². The standard InChI is InChI=1S/C34H39N5O6S/c1-24-8-3-14-32(25(24)2)45-19-7-15-33(40)39-17-6-12-30-29(11-5-13-31(30)39)27-21-36-38(22-27)18-16-26-9-4-10-28(20-26)37-34(41)35-23-46(42,43)44/h3-5,8-11,13-14,20-22H,6-7,12,15-19,23H2,1-2H3,(H2,35,37,41)(H,42,43,44). The molecule has 12 heteroatoms. The minimum atomic E-state index is -4.31. The van der Waals surface area contributed by atoms with E-state index in [1.165, 1.54) is 5.56 Å². The monoisotopic (exact) mass is 645 g/mol. The number of aromatic nitrogens is 2. The van der Waals surface area contributed by atoms with E-state index < -0.39 is 22.0 Å². The summed E-state index contributed by atoms with van der Waals surface area (Å²) >= 11 is 0. The number of ether oxygens (including phenoxy) is 1. The first kappa shape index (κ1) is 32.7. The molecule has 0 spiro atoms. The molecule has 0 bridgehead atoms. The van der Waals surface area contributed by atoms with Crippen molar-refractivity contribution in [2.24, 2.45) is 0 Å². The van der Waals surface area contributed by atoms with Crippen molar-refractivity contribution >= 4 is 33.4 Å². The number of fused-ring (bicyclic) bond motifs is 1. The zero-order valence-corrected chi connectivity index (χ0v) is 26.8. The lowest BCUT2D eigenvalue weighted by atomic mass is 9.93. The van der Waals surface area contributed by atoms with Crippen molar-refractivity contribution in [3.63, 3.8) is 0 Å². The van der Waals surface area contributed by atoms with Crippen molar-refractivity contribution in [3.8, 4) is 16.9 Å². The van der Waals surface area contributed by atoms with E-state index in [1.807, 2.05) is 59.2 Å². The van der Waals surface area contributed by atoms with E-state index in [-0.39, 0.29) is 5.91 Å². The molecule has 3 N–H and O–H groups in total. The minimum Gasteiger partial charge on any atom is -0.493 e. The van der Waals surface area contributed by atoms with E-state index >= 15 is 0 Å². The van der Waals surface area contributed by atoms with Crippen LogP contribution in [0.15, 0.2) is 73.1 Å². The highest BCUT2D eigenvalue weighted by atomic mass is 32.2. The molecule has 0 fully saturated rings. The van der Waals surface area contributed by atoms with Crippen molar-refractivity contribution in [1.82, 2.24) is 15.1 Å². The molecule has 0 aliphatic carbocycles. The van der Waals surface area contributed by atoms with Crippen molar-refractivity contribution in [2.75, 3.05) is 29.2 Å². The number of hydrogen-bond donors (Lipinski definition) is 3. The Balaban J connectivity index is 1.18. The van der Waals surface area contributed by atoms with Crippen LogP contribution >= 0.6 is 0 Å². The molecule has 0 atom stereocenters. The van der Waals surface area contributed by atoms with Gasteiger partial charge in [0.25, 0.3) is 10.1 Å². The molecule has 1 aromatic heterocycles. The first-order valence-corrected chi connectivity index (χ1v) is 16.9. The zero-order valence-electron chi connectivity index (χ0n) is 26.0. The Bertz CT molecular complexity index is 1820. The first-order valence-electron chi connectivity index (χ1n) is 15.3. The number of nitrogens with one attached hydrogen (secondary N) is 2. The molecule has 3 amide bonds. The van der Waals surface area contributed by atoms with Crippen molar-refractivity contribution < 1.29 is 27.3 Å². The normalized spacial score (nSPS) is 12.8. The van der Waals surface area contributed by atoms with E-state index in [1.54, 1.807) is 18.2 Å². The van der Waals surface area contributed by atoms with Crippen LogP contribution in [0.4, 0.5) is 16.2 Å². The van der Waals surface area contributed by atoms with Crippen LogP contribution in [0.5, 0.6) is 5.75 Å². The summed E-state index contributed by atoms with van der Waals surface area (Å²) in [7, 11) is -4.31. The number of rotatable bonds is 12. The summed E-state index contributed by atoms with van der Waals surface area (Å²) in [4.78, 5) is 27.2. The fraction of sp³-hybridized carbons (Fsp3) is 0.324. The van der Waals surface area contributed by atoms with Crippen LogP contribution in [0.2, 0.25) is 0 Å². The molecule has 2 heterocycles. The number of carbonyl (C=O) groups excluding carboxylic acids is 2. The SMILES string of the molecule is Cc1cccc(OCCCC(=O)N2CCCc3c(-c4cnn(CCc5cccc(NC(=O)NCS(=O)(=O)O)c5)c4)cccc32)c1C. The molecular weight excluding hydrogens is 606 g/mol. The average Bonchev–Trinajstić information content (AvgIpc) is 3.51. The zero-order chi connectivity index (χ0) is 32.7. The predicted molar refractivity (Wildman–Crippen MR) is 178 cm³/mol. The van der Waals surface area contributed by atoms with Gasteiger partial charge in [-0.2, -0.15) is 13.5 Å². The van der Waals surface area contributed by atoms with Crippen LogP contribution in [0.25, 0.3) is 11.1 Å². The molecule has 242 valence electrons. The van der Waals surface area contributed by atoms with Crippen molar-refractivity contribution in [2.45, 2.75) is 52.5 Å². The predicted octanol–water partition coefficient (Wildman–Crippen LogP) is 5.51. The molecule has 4 aromatic rings. The van der Waals surface area contributed by atoms with Gasteiger partial charge >= 0.3 is 6.03 Å². The van der Waals surface area contributed by atoms with Gasteiger partial charge in [-0.1, -0.05) is 36.4 Å². The third-order valence-electron chi connectivity index (χ3n) is 8.07. The fourth-order valence-corrected chi connectivity index (χ4v) is 5.89. The maximum atomic E-state index is 13.3. The molecule has 0 unspecified atom stereocenters. The fourth-order valence-electron chi connectivity index (χ4n) is 5.58. The summed E-state index contributed by atoms with van der Waals surface area (Å²) in [6.07, 6.45) is 7.33. The molecule has 46 heavy (non-hydrogen) atoms. The Morgan fingerprint density at radius 2 is 1.87 bits per heavy atom. The molecule has 5 rings (SSSR count). The van der Waals surface area contributed by atoms with Gasteiger partial charge in [-0.15, -0.1) is 0 Å². The number of benzene rings is 3. The summed E-state index contributed by atoms with van der Waals surface area (Å²) in [5, 5.41) is 9.23. The van der Waals surface area contributed by atoms with Gasteiger partial charge in [-0.25, -0.2) is 4.79 Å². The highest BCUT2D eigenvalue weighted by Crippen LogP contribution is 2.36. The molecule has 1 aliphatic rings. The Morgan fingerprint density at radius 3 is 2.70 bits per heavy atom. The Labute approximate surface area is 269 Å². The third-order valence-corrected chi connectivity index (χ3v) is 8.58.